The number of carbonyl (C=O) groups is 2. The molecule has 1 aliphatic heterocycles. The van der Waals surface area contributed by atoms with Crippen molar-refractivity contribution in [3.8, 4) is 0 Å². The Hall–Kier alpha value is -2.08. The van der Waals surface area contributed by atoms with Crippen LogP contribution in [0, 0.1) is 6.92 Å². The zero-order chi connectivity index (χ0) is 14.5. The summed E-state index contributed by atoms with van der Waals surface area (Å²) in [5.74, 6) is -0.921. The number of ether oxygens (including phenoxy) is 1. The molecule has 1 atom stereocenters. The number of benzene rings is 1. The lowest BCUT2D eigenvalue weighted by atomic mass is 10.2. The first-order valence-electron chi connectivity index (χ1n) is 6.50. The number of hydrogen-bond donors (Lipinski definition) is 2. The fraction of sp³-hybridized carbons (Fsp3) is 0.429. The van der Waals surface area contributed by atoms with E-state index in [0.29, 0.717) is 19.7 Å². The van der Waals surface area contributed by atoms with Gasteiger partial charge in [0.05, 0.1) is 19.1 Å². The van der Waals surface area contributed by atoms with Crippen LogP contribution in [0.15, 0.2) is 24.3 Å². The van der Waals surface area contributed by atoms with Gasteiger partial charge < -0.3 is 20.1 Å². The van der Waals surface area contributed by atoms with Crippen LogP contribution in [0.2, 0.25) is 0 Å². The lowest BCUT2D eigenvalue weighted by molar-refractivity contribution is -0.141. The second kappa shape index (κ2) is 6.38. The molecule has 0 aliphatic carbocycles. The van der Waals surface area contributed by atoms with Crippen LogP contribution >= 0.6 is 0 Å². The summed E-state index contributed by atoms with van der Waals surface area (Å²) in [6.45, 7) is 3.10. The van der Waals surface area contributed by atoms with Crippen molar-refractivity contribution in [3.05, 3.63) is 29.8 Å². The molecular weight excluding hydrogens is 260 g/mol. The number of amides is 2. The van der Waals surface area contributed by atoms with Crippen molar-refractivity contribution in [1.82, 2.24) is 4.90 Å². The van der Waals surface area contributed by atoms with Crippen molar-refractivity contribution in [3.63, 3.8) is 0 Å². The monoisotopic (exact) mass is 278 g/mol. The molecule has 0 bridgehead atoms. The van der Waals surface area contributed by atoms with Gasteiger partial charge in [-0.25, -0.2) is 4.79 Å². The first-order chi connectivity index (χ1) is 9.54. The fourth-order valence-electron chi connectivity index (χ4n) is 2.06. The number of carboxylic acid groups (broad SMARTS) is 1. The summed E-state index contributed by atoms with van der Waals surface area (Å²) >= 11 is 0. The number of aliphatic carboxylic acids is 1. The van der Waals surface area contributed by atoms with E-state index in [0.717, 1.165) is 11.3 Å². The van der Waals surface area contributed by atoms with E-state index in [4.69, 9.17) is 9.84 Å². The fourth-order valence-corrected chi connectivity index (χ4v) is 2.06. The van der Waals surface area contributed by atoms with E-state index < -0.39 is 12.1 Å². The largest absolute Gasteiger partial charge is 0.481 e. The van der Waals surface area contributed by atoms with Crippen molar-refractivity contribution in [2.75, 3.05) is 25.0 Å². The molecule has 0 spiro atoms. The lowest BCUT2D eigenvalue weighted by Gasteiger charge is -2.32. The van der Waals surface area contributed by atoms with Gasteiger partial charge in [0.25, 0.3) is 0 Å². The van der Waals surface area contributed by atoms with Gasteiger partial charge in [-0.05, 0) is 19.1 Å². The molecule has 1 aromatic carbocycles. The van der Waals surface area contributed by atoms with Crippen molar-refractivity contribution < 1.29 is 19.4 Å². The summed E-state index contributed by atoms with van der Waals surface area (Å²) in [4.78, 5) is 24.3. The normalized spacial score (nSPS) is 18.6. The zero-order valence-electron chi connectivity index (χ0n) is 11.3. The Labute approximate surface area is 117 Å². The molecule has 2 rings (SSSR count). The molecule has 6 nitrogen and oxygen atoms in total. The van der Waals surface area contributed by atoms with Gasteiger partial charge in [0.1, 0.15) is 0 Å². The van der Waals surface area contributed by atoms with Crippen LogP contribution in [0.4, 0.5) is 10.5 Å². The summed E-state index contributed by atoms with van der Waals surface area (Å²) in [6.07, 6.45) is -0.529. The molecule has 1 unspecified atom stereocenters. The summed E-state index contributed by atoms with van der Waals surface area (Å²) in [5, 5.41) is 11.5. The molecule has 0 saturated carbocycles. The quantitative estimate of drug-likeness (QED) is 0.882. The van der Waals surface area contributed by atoms with Crippen LogP contribution in [0.5, 0.6) is 0 Å². The Balaban J connectivity index is 1.91. The molecule has 1 saturated heterocycles. The molecule has 0 radical (unpaired) electrons. The average molecular weight is 278 g/mol. The molecule has 2 amide bonds. The van der Waals surface area contributed by atoms with E-state index in [-0.39, 0.29) is 12.5 Å². The second-order valence-corrected chi connectivity index (χ2v) is 4.83. The minimum absolute atomic E-state index is 0.0890. The van der Waals surface area contributed by atoms with Crippen molar-refractivity contribution in [1.29, 1.82) is 0 Å². The maximum Gasteiger partial charge on any atom is 0.322 e. The van der Waals surface area contributed by atoms with Gasteiger partial charge in [-0.15, -0.1) is 0 Å². The smallest absolute Gasteiger partial charge is 0.322 e. The molecule has 1 heterocycles. The third-order valence-corrected chi connectivity index (χ3v) is 3.13. The molecule has 1 aromatic rings. The van der Waals surface area contributed by atoms with E-state index in [1.54, 1.807) is 4.90 Å². The number of aryl methyl sites for hydroxylation is 1. The molecule has 1 aliphatic rings. The Bertz CT molecular complexity index is 486. The van der Waals surface area contributed by atoms with Gasteiger partial charge in [0, 0.05) is 18.8 Å². The minimum atomic E-state index is -0.921. The molecule has 6 heteroatoms. The van der Waals surface area contributed by atoms with Crippen molar-refractivity contribution in [2.45, 2.75) is 19.4 Å². The van der Waals surface area contributed by atoms with Gasteiger partial charge in [0.15, 0.2) is 0 Å². The van der Waals surface area contributed by atoms with E-state index in [2.05, 4.69) is 5.32 Å². The average Bonchev–Trinajstić information content (AvgIpc) is 2.41. The summed E-state index contributed by atoms with van der Waals surface area (Å²) < 4.78 is 5.33. The Kier molecular flexibility index (Phi) is 4.57. The lowest BCUT2D eigenvalue weighted by Crippen LogP contribution is -2.47. The number of nitrogens with one attached hydrogen (secondary N) is 1. The minimum Gasteiger partial charge on any atom is -0.481 e. The van der Waals surface area contributed by atoms with Crippen LogP contribution in [0.25, 0.3) is 0 Å². The highest BCUT2D eigenvalue weighted by Gasteiger charge is 2.25. The number of carboxylic acids is 1. The standard InChI is InChI=1S/C14H18N2O4/c1-10-2-4-11(5-3-10)15-14(19)16-6-7-20-12(9-16)8-13(17)18/h2-5,12H,6-9H2,1H3,(H,15,19)(H,17,18). The first-order valence-corrected chi connectivity index (χ1v) is 6.50. The number of hydrogen-bond acceptors (Lipinski definition) is 3. The van der Waals surface area contributed by atoms with Crippen molar-refractivity contribution >= 4 is 17.7 Å². The number of rotatable bonds is 3. The highest BCUT2D eigenvalue weighted by molar-refractivity contribution is 5.89. The third-order valence-electron chi connectivity index (χ3n) is 3.13. The molecule has 20 heavy (non-hydrogen) atoms. The number of urea groups is 1. The predicted molar refractivity (Wildman–Crippen MR) is 73.8 cm³/mol. The van der Waals surface area contributed by atoms with Gasteiger partial charge in [-0.3, -0.25) is 4.79 Å². The summed E-state index contributed by atoms with van der Waals surface area (Å²) in [6, 6.07) is 7.28. The van der Waals surface area contributed by atoms with Gasteiger partial charge >= 0.3 is 12.0 Å². The maximum atomic E-state index is 12.1. The van der Waals surface area contributed by atoms with Crippen molar-refractivity contribution in [2.24, 2.45) is 0 Å². The van der Waals surface area contributed by atoms with E-state index in [1.807, 2.05) is 31.2 Å². The number of anilines is 1. The summed E-state index contributed by atoms with van der Waals surface area (Å²) in [5.41, 5.74) is 1.85. The number of carbonyl (C=O) groups excluding carboxylic acids is 1. The van der Waals surface area contributed by atoms with Gasteiger partial charge in [0.2, 0.25) is 0 Å². The first kappa shape index (κ1) is 14.3. The maximum absolute atomic E-state index is 12.1. The predicted octanol–water partition coefficient (Wildman–Crippen LogP) is 1.70. The van der Waals surface area contributed by atoms with Crippen LogP contribution < -0.4 is 5.32 Å². The topological polar surface area (TPSA) is 78.9 Å². The third kappa shape index (κ3) is 3.96. The highest BCUT2D eigenvalue weighted by atomic mass is 16.5. The van der Waals surface area contributed by atoms with E-state index in [9.17, 15) is 9.59 Å². The second-order valence-electron chi connectivity index (χ2n) is 4.83. The molecule has 108 valence electrons. The number of morpholine rings is 1. The molecular formula is C14H18N2O4. The SMILES string of the molecule is Cc1ccc(NC(=O)N2CCOC(CC(=O)O)C2)cc1. The molecule has 0 aromatic heterocycles. The van der Waals surface area contributed by atoms with Gasteiger partial charge in [-0.1, -0.05) is 17.7 Å². The number of nitrogens with zero attached hydrogens (tertiary/aromatic N) is 1. The highest BCUT2D eigenvalue weighted by Crippen LogP contribution is 2.13. The van der Waals surface area contributed by atoms with Gasteiger partial charge in [-0.2, -0.15) is 0 Å². The van der Waals surface area contributed by atoms with Crippen LogP contribution in [0.3, 0.4) is 0 Å². The van der Waals surface area contributed by atoms with E-state index in [1.165, 1.54) is 0 Å². The Morgan fingerprint density at radius 3 is 2.75 bits per heavy atom. The molecule has 1 fully saturated rings. The summed E-state index contributed by atoms with van der Waals surface area (Å²) in [7, 11) is 0. The van der Waals surface area contributed by atoms with Crippen LogP contribution in [-0.4, -0.2) is 47.8 Å². The van der Waals surface area contributed by atoms with Crippen LogP contribution in [0.1, 0.15) is 12.0 Å². The Morgan fingerprint density at radius 1 is 1.40 bits per heavy atom. The Morgan fingerprint density at radius 2 is 2.10 bits per heavy atom. The van der Waals surface area contributed by atoms with Crippen LogP contribution in [-0.2, 0) is 9.53 Å². The molecule has 2 N–H and O–H groups in total. The van der Waals surface area contributed by atoms with E-state index >= 15 is 0 Å². The zero-order valence-corrected chi connectivity index (χ0v) is 11.3.